The number of aliphatic hydroxyl groups excluding tert-OH is 2. The van der Waals surface area contributed by atoms with Gasteiger partial charge in [0, 0.05) is 18.9 Å². The van der Waals surface area contributed by atoms with Crippen LogP contribution in [-0.4, -0.2) is 46.3 Å². The minimum Gasteiger partial charge on any atom is -0.391 e. The molecule has 0 radical (unpaired) electrons. The van der Waals surface area contributed by atoms with Crippen molar-refractivity contribution in [2.45, 2.75) is 108 Å². The summed E-state index contributed by atoms with van der Waals surface area (Å²) in [6, 6.07) is -0.208. The van der Waals surface area contributed by atoms with Crippen LogP contribution in [0.5, 0.6) is 0 Å². The van der Waals surface area contributed by atoms with Crippen molar-refractivity contribution in [3.05, 3.63) is 23.8 Å². The van der Waals surface area contributed by atoms with Gasteiger partial charge in [0.1, 0.15) is 18.6 Å². The Kier molecular flexibility index (Phi) is 9.39. The van der Waals surface area contributed by atoms with Crippen molar-refractivity contribution in [1.29, 1.82) is 0 Å². The summed E-state index contributed by atoms with van der Waals surface area (Å²) in [5, 5.41) is 24.6. The summed E-state index contributed by atoms with van der Waals surface area (Å²) in [6.07, 6.45) is 9.03. The normalized spacial score (nSPS) is 37.4. The van der Waals surface area contributed by atoms with Gasteiger partial charge in [-0.05, 0) is 74.2 Å². The van der Waals surface area contributed by atoms with E-state index in [0.29, 0.717) is 31.1 Å². The van der Waals surface area contributed by atoms with Crippen molar-refractivity contribution in [3.63, 3.8) is 0 Å². The van der Waals surface area contributed by atoms with E-state index >= 15 is 0 Å². The number of hydrogen-bond acceptors (Lipinski definition) is 3. The monoisotopic (exact) mass is 459 g/mol. The van der Waals surface area contributed by atoms with E-state index in [-0.39, 0.29) is 23.3 Å². The Balaban J connectivity index is 1.49. The van der Waals surface area contributed by atoms with Crippen LogP contribution in [0, 0.1) is 23.7 Å². The Bertz CT molecular complexity index is 621. The second-order valence-electron chi connectivity index (χ2n) is 10.3. The van der Waals surface area contributed by atoms with E-state index in [1.54, 1.807) is 6.08 Å². The number of allylic oxidation sites excluding steroid dienone is 3. The molecule has 0 bridgehead atoms. The fourth-order valence-corrected chi connectivity index (χ4v) is 6.00. The molecule has 3 aliphatic carbocycles. The van der Waals surface area contributed by atoms with Crippen molar-refractivity contribution >= 4 is 11.6 Å². The third-order valence-corrected chi connectivity index (χ3v) is 8.22. The van der Waals surface area contributed by atoms with Gasteiger partial charge in [-0.3, -0.25) is 5.32 Å². The molecule has 2 fully saturated rings. The summed E-state index contributed by atoms with van der Waals surface area (Å²) in [4.78, 5) is 0. The van der Waals surface area contributed by atoms with Crippen molar-refractivity contribution in [2.75, 3.05) is 0 Å². The fraction of sp³-hybridized carbons (Fsp3) is 0.840. The molecule has 2 saturated carbocycles. The molecule has 31 heavy (non-hydrogen) atoms. The Morgan fingerprint density at radius 2 is 1.74 bits per heavy atom. The summed E-state index contributed by atoms with van der Waals surface area (Å²) >= 11 is 6.05. The standard InChI is InChI=1S/C25H40ClF2NO2/c1-15(2)24(29-23(30)13-16-3-10-20(27)11-4-16)25(31)18-7-5-17(6-8-18)19-9-12-21(26)22(28)14-19/h3-4,10,15,17-25,29-31H,5-9,11-14H2,1-2H3/t17?,18?,19?,20?,21?,22?,23?,24-,25?/m1/s1. The predicted octanol–water partition coefficient (Wildman–Crippen LogP) is 5.45. The van der Waals surface area contributed by atoms with Gasteiger partial charge in [-0.1, -0.05) is 32.1 Å². The summed E-state index contributed by atoms with van der Waals surface area (Å²) in [6.45, 7) is 4.11. The number of hydrogen-bond donors (Lipinski definition) is 3. The van der Waals surface area contributed by atoms with Crippen molar-refractivity contribution in [3.8, 4) is 0 Å². The summed E-state index contributed by atoms with van der Waals surface area (Å²) in [5.41, 5.74) is 0.921. The molecule has 178 valence electrons. The second kappa shape index (κ2) is 11.6. The highest BCUT2D eigenvalue weighted by atomic mass is 35.5. The van der Waals surface area contributed by atoms with E-state index in [9.17, 15) is 19.0 Å². The average Bonchev–Trinajstić information content (AvgIpc) is 2.75. The van der Waals surface area contributed by atoms with Gasteiger partial charge in [-0.2, -0.15) is 0 Å². The lowest BCUT2D eigenvalue weighted by Crippen LogP contribution is -2.51. The predicted molar refractivity (Wildman–Crippen MR) is 122 cm³/mol. The van der Waals surface area contributed by atoms with Crippen LogP contribution in [0.25, 0.3) is 0 Å². The maximum absolute atomic E-state index is 14.1. The van der Waals surface area contributed by atoms with Gasteiger partial charge in [0.15, 0.2) is 0 Å². The van der Waals surface area contributed by atoms with E-state index in [1.807, 2.05) is 6.08 Å². The minimum atomic E-state index is -0.935. The van der Waals surface area contributed by atoms with Gasteiger partial charge in [-0.25, -0.2) is 8.78 Å². The summed E-state index contributed by atoms with van der Waals surface area (Å²) < 4.78 is 27.3. The Hall–Kier alpha value is -0.490. The first-order valence-electron chi connectivity index (χ1n) is 12.2. The van der Waals surface area contributed by atoms with E-state index in [2.05, 4.69) is 19.2 Å². The van der Waals surface area contributed by atoms with Crippen LogP contribution in [0.1, 0.15) is 71.6 Å². The fourth-order valence-electron chi connectivity index (χ4n) is 5.77. The Morgan fingerprint density at radius 1 is 1.06 bits per heavy atom. The summed E-state index contributed by atoms with van der Waals surface area (Å²) in [7, 11) is 0. The van der Waals surface area contributed by atoms with Crippen LogP contribution < -0.4 is 5.32 Å². The lowest BCUT2D eigenvalue weighted by Gasteiger charge is -2.41. The zero-order valence-corrected chi connectivity index (χ0v) is 19.7. The molecule has 7 atom stereocenters. The van der Waals surface area contributed by atoms with Gasteiger partial charge in [0.25, 0.3) is 0 Å². The molecule has 0 aromatic carbocycles. The molecule has 0 aromatic rings. The van der Waals surface area contributed by atoms with Gasteiger partial charge in [0.05, 0.1) is 11.5 Å². The maximum atomic E-state index is 14.1. The smallest absolute Gasteiger partial charge is 0.122 e. The molecule has 0 heterocycles. The highest BCUT2D eigenvalue weighted by Crippen LogP contribution is 2.43. The van der Waals surface area contributed by atoms with Crippen molar-refractivity contribution < 1.29 is 19.0 Å². The number of alkyl halides is 3. The SMILES string of the molecule is CC(C)[C@@H](NC(O)CC1=CCC(F)C=C1)C(O)C1CCC(C2CCC(Cl)C(F)C2)CC1. The van der Waals surface area contributed by atoms with Crippen LogP contribution in [0.15, 0.2) is 23.8 Å². The molecule has 3 N–H and O–H groups in total. The molecule has 6 unspecified atom stereocenters. The zero-order chi connectivity index (χ0) is 22.5. The van der Waals surface area contributed by atoms with E-state index in [4.69, 9.17) is 11.6 Å². The molecule has 0 spiro atoms. The van der Waals surface area contributed by atoms with Gasteiger partial charge in [-0.15, -0.1) is 11.6 Å². The molecule has 3 aliphatic rings. The molecule has 0 saturated heterocycles. The van der Waals surface area contributed by atoms with Gasteiger partial charge in [0.2, 0.25) is 0 Å². The molecule has 3 rings (SSSR count). The molecule has 0 aliphatic heterocycles. The Morgan fingerprint density at radius 3 is 2.32 bits per heavy atom. The Labute approximate surface area is 191 Å². The zero-order valence-electron chi connectivity index (χ0n) is 18.9. The lowest BCUT2D eigenvalue weighted by molar-refractivity contribution is -0.00416. The molecular weight excluding hydrogens is 420 g/mol. The molecule has 0 amide bonds. The average molecular weight is 460 g/mol. The topological polar surface area (TPSA) is 52.5 Å². The number of rotatable bonds is 8. The minimum absolute atomic E-state index is 0.166. The molecule has 3 nitrogen and oxygen atoms in total. The third kappa shape index (κ3) is 6.99. The van der Waals surface area contributed by atoms with Gasteiger partial charge >= 0.3 is 0 Å². The molecule has 6 heteroatoms. The number of halogens is 3. The van der Waals surface area contributed by atoms with E-state index in [1.165, 1.54) is 6.08 Å². The first kappa shape index (κ1) is 25.1. The number of aliphatic hydroxyl groups is 2. The van der Waals surface area contributed by atoms with Crippen molar-refractivity contribution in [1.82, 2.24) is 5.32 Å². The first-order valence-corrected chi connectivity index (χ1v) is 12.6. The third-order valence-electron chi connectivity index (χ3n) is 7.72. The van der Waals surface area contributed by atoms with Gasteiger partial charge < -0.3 is 10.2 Å². The quantitative estimate of drug-likeness (QED) is 0.334. The first-order chi connectivity index (χ1) is 14.7. The lowest BCUT2D eigenvalue weighted by atomic mass is 9.68. The maximum Gasteiger partial charge on any atom is 0.122 e. The van der Waals surface area contributed by atoms with Crippen LogP contribution >= 0.6 is 11.6 Å². The highest BCUT2D eigenvalue weighted by Gasteiger charge is 2.38. The summed E-state index contributed by atoms with van der Waals surface area (Å²) in [5.74, 6) is 1.31. The molecule has 0 aromatic heterocycles. The van der Waals surface area contributed by atoms with Crippen molar-refractivity contribution in [2.24, 2.45) is 23.7 Å². The second-order valence-corrected chi connectivity index (χ2v) is 10.9. The van der Waals surface area contributed by atoms with Crippen LogP contribution in [0.3, 0.4) is 0 Å². The molecular formula is C25H40ClF2NO2. The van der Waals surface area contributed by atoms with E-state index < -0.39 is 24.7 Å². The largest absolute Gasteiger partial charge is 0.391 e. The highest BCUT2D eigenvalue weighted by molar-refractivity contribution is 6.21. The van der Waals surface area contributed by atoms with E-state index in [0.717, 1.165) is 44.1 Å². The van der Waals surface area contributed by atoms with Crippen LogP contribution in [-0.2, 0) is 0 Å². The van der Waals surface area contributed by atoms with Crippen LogP contribution in [0.2, 0.25) is 0 Å². The number of nitrogens with one attached hydrogen (secondary N) is 1. The van der Waals surface area contributed by atoms with Crippen LogP contribution in [0.4, 0.5) is 8.78 Å².